The molecule has 0 spiro atoms. The van der Waals surface area contributed by atoms with E-state index in [9.17, 15) is 9.90 Å². The van der Waals surface area contributed by atoms with Crippen LogP contribution < -0.4 is 0 Å². The van der Waals surface area contributed by atoms with Crippen LogP contribution in [0.15, 0.2) is 42.5 Å². The Kier molecular flexibility index (Phi) is 4.16. The number of hydrogen-bond donors (Lipinski definition) is 1. The van der Waals surface area contributed by atoms with E-state index in [1.165, 1.54) is 5.39 Å². The van der Waals surface area contributed by atoms with Crippen molar-refractivity contribution in [3.05, 3.63) is 48.0 Å². The van der Waals surface area contributed by atoms with Crippen LogP contribution in [-0.4, -0.2) is 35.1 Å². The van der Waals surface area contributed by atoms with Gasteiger partial charge in [-0.15, -0.1) is 0 Å². The summed E-state index contributed by atoms with van der Waals surface area (Å²) in [4.78, 5) is 14.5. The lowest BCUT2D eigenvalue weighted by Crippen LogP contribution is -2.47. The Labute approximate surface area is 131 Å². The van der Waals surface area contributed by atoms with Crippen molar-refractivity contribution in [3.8, 4) is 0 Å². The Morgan fingerprint density at radius 1 is 1.23 bits per heavy atom. The first-order valence-electron chi connectivity index (χ1n) is 8.02. The highest BCUT2D eigenvalue weighted by Crippen LogP contribution is 2.25. The molecule has 0 aromatic heterocycles. The highest BCUT2D eigenvalue weighted by atomic mass is 16.3. The molecule has 0 bridgehead atoms. The van der Waals surface area contributed by atoms with Crippen molar-refractivity contribution in [1.29, 1.82) is 0 Å². The van der Waals surface area contributed by atoms with E-state index in [4.69, 9.17) is 0 Å². The second-order valence-corrected chi connectivity index (χ2v) is 6.45. The van der Waals surface area contributed by atoms with E-state index in [2.05, 4.69) is 24.3 Å². The van der Waals surface area contributed by atoms with Gasteiger partial charge in [0.2, 0.25) is 5.91 Å². The number of hydrogen-bond acceptors (Lipinski definition) is 2. The predicted octanol–water partition coefficient (Wildman–Crippen LogP) is 3.17. The number of carbonyl (C=O) groups excluding carboxylic acids is 1. The second-order valence-electron chi connectivity index (χ2n) is 6.45. The average Bonchev–Trinajstić information content (AvgIpc) is 2.55. The van der Waals surface area contributed by atoms with Gasteiger partial charge in [-0.2, -0.15) is 0 Å². The summed E-state index contributed by atoms with van der Waals surface area (Å²) in [6, 6.07) is 14.4. The number of likely N-dealkylation sites (tertiary alicyclic amines) is 1. The van der Waals surface area contributed by atoms with Gasteiger partial charge >= 0.3 is 0 Å². The molecule has 3 rings (SSSR count). The van der Waals surface area contributed by atoms with Gasteiger partial charge in [0, 0.05) is 13.1 Å². The summed E-state index contributed by atoms with van der Waals surface area (Å²) in [7, 11) is 0. The molecule has 1 N–H and O–H groups in total. The number of nitrogens with zero attached hydrogens (tertiary/aromatic N) is 1. The fraction of sp³-hybridized carbons (Fsp3) is 0.421. The van der Waals surface area contributed by atoms with Gasteiger partial charge in [0.25, 0.3) is 0 Å². The van der Waals surface area contributed by atoms with Gasteiger partial charge in [-0.3, -0.25) is 4.79 Å². The third-order valence-electron chi connectivity index (χ3n) is 4.87. The maximum atomic E-state index is 12.7. The van der Waals surface area contributed by atoms with Crippen LogP contribution >= 0.6 is 0 Å². The molecule has 3 atom stereocenters. The van der Waals surface area contributed by atoms with E-state index in [1.54, 1.807) is 0 Å². The summed E-state index contributed by atoms with van der Waals surface area (Å²) in [5, 5.41) is 12.3. The van der Waals surface area contributed by atoms with Gasteiger partial charge < -0.3 is 10.0 Å². The molecule has 3 nitrogen and oxygen atoms in total. The van der Waals surface area contributed by atoms with Gasteiger partial charge in [0.1, 0.15) is 0 Å². The van der Waals surface area contributed by atoms with E-state index in [-0.39, 0.29) is 17.7 Å². The summed E-state index contributed by atoms with van der Waals surface area (Å²) in [6.45, 7) is 5.20. The minimum atomic E-state index is -0.401. The van der Waals surface area contributed by atoms with E-state index in [0.29, 0.717) is 6.54 Å². The molecule has 22 heavy (non-hydrogen) atoms. The van der Waals surface area contributed by atoms with E-state index < -0.39 is 6.10 Å². The monoisotopic (exact) mass is 297 g/mol. The molecule has 1 saturated heterocycles. The van der Waals surface area contributed by atoms with Gasteiger partial charge in [0.05, 0.1) is 12.0 Å². The predicted molar refractivity (Wildman–Crippen MR) is 88.7 cm³/mol. The van der Waals surface area contributed by atoms with Gasteiger partial charge in [-0.05, 0) is 35.6 Å². The molecule has 1 amide bonds. The molecule has 0 radical (unpaired) electrons. The maximum absolute atomic E-state index is 12.7. The molecule has 1 aliphatic heterocycles. The van der Waals surface area contributed by atoms with Crippen LogP contribution in [0, 0.1) is 5.92 Å². The normalized spacial score (nSPS) is 23.5. The van der Waals surface area contributed by atoms with Crippen molar-refractivity contribution in [2.24, 2.45) is 5.92 Å². The van der Waals surface area contributed by atoms with Crippen LogP contribution in [-0.2, 0) is 4.79 Å². The second kappa shape index (κ2) is 6.09. The van der Waals surface area contributed by atoms with Crippen molar-refractivity contribution in [3.63, 3.8) is 0 Å². The minimum Gasteiger partial charge on any atom is -0.391 e. The molecule has 2 aromatic rings. The molecule has 0 aliphatic carbocycles. The highest BCUT2D eigenvalue weighted by Gasteiger charge is 2.30. The third-order valence-corrected chi connectivity index (χ3v) is 4.87. The zero-order valence-corrected chi connectivity index (χ0v) is 13.2. The lowest BCUT2D eigenvalue weighted by molar-refractivity contribution is -0.136. The Morgan fingerprint density at radius 3 is 2.68 bits per heavy atom. The fourth-order valence-corrected chi connectivity index (χ4v) is 3.14. The standard InChI is InChI=1S/C19H23NO2/c1-13-9-10-20(12-18(13)21)19(22)14(2)16-8-7-15-5-3-4-6-17(15)11-16/h3-8,11,13-14,18,21H,9-10,12H2,1-2H3. The summed E-state index contributed by atoms with van der Waals surface area (Å²) < 4.78 is 0. The number of carbonyl (C=O) groups is 1. The first kappa shape index (κ1) is 15.0. The van der Waals surface area contributed by atoms with Crippen LogP contribution in [0.1, 0.15) is 31.7 Å². The van der Waals surface area contributed by atoms with Gasteiger partial charge in [-0.25, -0.2) is 0 Å². The number of piperidine rings is 1. The summed E-state index contributed by atoms with van der Waals surface area (Å²) >= 11 is 0. The van der Waals surface area contributed by atoms with Crippen LogP contribution in [0.4, 0.5) is 0 Å². The number of fused-ring (bicyclic) bond motifs is 1. The molecular formula is C19H23NO2. The first-order chi connectivity index (χ1) is 10.6. The highest BCUT2D eigenvalue weighted by molar-refractivity contribution is 5.87. The molecule has 3 heteroatoms. The minimum absolute atomic E-state index is 0.112. The molecular weight excluding hydrogens is 274 g/mol. The number of aliphatic hydroxyl groups is 1. The molecule has 2 aromatic carbocycles. The Bertz CT molecular complexity index is 682. The molecule has 1 fully saturated rings. The van der Waals surface area contributed by atoms with E-state index >= 15 is 0 Å². The topological polar surface area (TPSA) is 40.5 Å². The van der Waals surface area contributed by atoms with E-state index in [0.717, 1.165) is 23.9 Å². The SMILES string of the molecule is CC(C(=O)N1CCC(C)C(O)C1)c1ccc2ccccc2c1. The Hall–Kier alpha value is -1.87. The van der Waals surface area contributed by atoms with Crippen molar-refractivity contribution >= 4 is 16.7 Å². The maximum Gasteiger partial charge on any atom is 0.229 e. The summed E-state index contributed by atoms with van der Waals surface area (Å²) in [5.74, 6) is 0.214. The molecule has 3 unspecified atom stereocenters. The third kappa shape index (κ3) is 2.86. The zero-order valence-electron chi connectivity index (χ0n) is 13.2. The van der Waals surface area contributed by atoms with Crippen molar-refractivity contribution in [2.75, 3.05) is 13.1 Å². The van der Waals surface area contributed by atoms with Gasteiger partial charge in [0.15, 0.2) is 0 Å². The largest absolute Gasteiger partial charge is 0.391 e. The molecule has 1 aliphatic rings. The van der Waals surface area contributed by atoms with Crippen molar-refractivity contribution in [1.82, 2.24) is 4.90 Å². The van der Waals surface area contributed by atoms with Crippen LogP contribution in [0.2, 0.25) is 0 Å². The number of β-amino-alcohol motifs (C(OH)–C–C–N with tert-alkyl or cyclic N) is 1. The lowest BCUT2D eigenvalue weighted by Gasteiger charge is -2.35. The van der Waals surface area contributed by atoms with E-state index in [1.807, 2.05) is 36.9 Å². The zero-order chi connectivity index (χ0) is 15.7. The fourth-order valence-electron chi connectivity index (χ4n) is 3.14. The average molecular weight is 297 g/mol. The number of amides is 1. The molecule has 0 saturated carbocycles. The van der Waals surface area contributed by atoms with Crippen LogP contribution in [0.3, 0.4) is 0 Å². The number of rotatable bonds is 2. The number of benzene rings is 2. The van der Waals surface area contributed by atoms with Gasteiger partial charge in [-0.1, -0.05) is 49.4 Å². The quantitative estimate of drug-likeness (QED) is 0.925. The lowest BCUT2D eigenvalue weighted by atomic mass is 9.92. The summed E-state index contributed by atoms with van der Waals surface area (Å²) in [6.07, 6.45) is 0.471. The number of aliphatic hydroxyl groups excluding tert-OH is 1. The molecule has 116 valence electrons. The smallest absolute Gasteiger partial charge is 0.229 e. The van der Waals surface area contributed by atoms with Crippen LogP contribution in [0.25, 0.3) is 10.8 Å². The Balaban J connectivity index is 1.79. The Morgan fingerprint density at radius 2 is 1.95 bits per heavy atom. The van der Waals surface area contributed by atoms with Crippen LogP contribution in [0.5, 0.6) is 0 Å². The molecule has 1 heterocycles. The summed E-state index contributed by atoms with van der Waals surface area (Å²) in [5.41, 5.74) is 1.04. The van der Waals surface area contributed by atoms with Crippen molar-refractivity contribution in [2.45, 2.75) is 32.3 Å². The van der Waals surface area contributed by atoms with Crippen molar-refractivity contribution < 1.29 is 9.90 Å². The first-order valence-corrected chi connectivity index (χ1v) is 8.02.